The fourth-order valence-electron chi connectivity index (χ4n) is 19.4. The molecule has 0 unspecified atom stereocenters. The van der Waals surface area contributed by atoms with Gasteiger partial charge in [0.25, 0.3) is 0 Å². The van der Waals surface area contributed by atoms with E-state index in [4.69, 9.17) is 39.9 Å². The van der Waals surface area contributed by atoms with Gasteiger partial charge in [-0.15, -0.1) is 22.7 Å². The maximum Gasteiger partial charge on any atom is 0.164 e. The lowest BCUT2D eigenvalue weighted by molar-refractivity contribution is 1.07. The highest BCUT2D eigenvalue weighted by molar-refractivity contribution is 7.24. The monoisotopic (exact) mass is 1740 g/mol. The first-order valence-electron chi connectivity index (χ1n) is 45.1. The summed E-state index contributed by atoms with van der Waals surface area (Å²) >= 11 is 3.65. The van der Waals surface area contributed by atoms with Crippen LogP contribution in [-0.2, 0) is 0 Å². The molecule has 0 radical (unpaired) electrons. The fourth-order valence-corrected chi connectivity index (χ4v) is 22.1. The summed E-state index contributed by atoms with van der Waals surface area (Å²) < 4.78 is 2.34. The van der Waals surface area contributed by atoms with Crippen molar-refractivity contribution in [1.29, 1.82) is 0 Å². The Labute approximate surface area is 780 Å². The molecule has 0 saturated heterocycles. The minimum absolute atomic E-state index is 0.618. The Bertz CT molecular complexity index is 8940. The summed E-state index contributed by atoms with van der Waals surface area (Å²) in [5, 5.41) is 19.8. The zero-order chi connectivity index (χ0) is 88.5. The highest BCUT2D eigenvalue weighted by atomic mass is 32.1. The Hall–Kier alpha value is -17.3. The summed E-state index contributed by atoms with van der Waals surface area (Å²) in [5.74, 6) is 3.81. The number of hydrogen-bond donors (Lipinski definition) is 0. The van der Waals surface area contributed by atoms with Crippen molar-refractivity contribution in [1.82, 2.24) is 39.9 Å². The molecule has 0 aliphatic rings. The van der Waals surface area contributed by atoms with E-state index in [2.05, 4.69) is 376 Å². The first-order chi connectivity index (χ1) is 66.4. The number of aromatic nitrogens is 8. The van der Waals surface area contributed by atoms with E-state index in [1.807, 2.05) is 108 Å². The van der Waals surface area contributed by atoms with Gasteiger partial charge in [0.15, 0.2) is 34.9 Å². The van der Waals surface area contributed by atoms with E-state index in [0.29, 0.717) is 34.9 Å². The van der Waals surface area contributed by atoms with Crippen LogP contribution in [-0.4, -0.2) is 39.9 Å². The maximum atomic E-state index is 5.37. The Morgan fingerprint density at radius 1 is 0.134 bits per heavy atom. The van der Waals surface area contributed by atoms with Crippen LogP contribution in [0.15, 0.2) is 461 Å². The minimum atomic E-state index is 0.618. The Morgan fingerprint density at radius 2 is 0.358 bits per heavy atom. The number of para-hydroxylation sites is 2. The van der Waals surface area contributed by atoms with Crippen LogP contribution in [0.1, 0.15) is 0 Å². The van der Waals surface area contributed by atoms with E-state index < -0.39 is 0 Å². The number of hydrogen-bond acceptors (Lipinski definition) is 10. The number of fused-ring (bicyclic) bond motifs is 18. The van der Waals surface area contributed by atoms with Crippen LogP contribution in [0.2, 0.25) is 0 Å². The molecule has 0 aliphatic carbocycles. The molecule has 26 rings (SSSR count). The molecular weight excluding hydrogens is 1670 g/mol. The van der Waals surface area contributed by atoms with Gasteiger partial charge < -0.3 is 0 Å². The van der Waals surface area contributed by atoms with E-state index in [1.165, 1.54) is 112 Å². The van der Waals surface area contributed by atoms with Crippen molar-refractivity contribution in [2.75, 3.05) is 0 Å². The normalized spacial score (nSPS) is 11.6. The van der Waals surface area contributed by atoms with Gasteiger partial charge in [-0.1, -0.05) is 431 Å². The Balaban J connectivity index is 0.000000143. The summed E-state index contributed by atoms with van der Waals surface area (Å²) in [6, 6.07) is 163. The molecule has 134 heavy (non-hydrogen) atoms. The van der Waals surface area contributed by atoms with Gasteiger partial charge in [0.2, 0.25) is 0 Å². The molecule has 6 aromatic heterocycles. The van der Waals surface area contributed by atoms with Crippen molar-refractivity contribution in [3.8, 4) is 156 Å². The van der Waals surface area contributed by atoms with Gasteiger partial charge in [-0.3, -0.25) is 0 Å². The summed E-state index contributed by atoms with van der Waals surface area (Å²) in [5.41, 5.74) is 23.3. The average Bonchev–Trinajstić information content (AvgIpc) is 1.54. The minimum Gasteiger partial charge on any atom is -0.246 e. The van der Waals surface area contributed by atoms with Crippen molar-refractivity contribution in [2.24, 2.45) is 0 Å². The number of thiophene rings is 2. The molecule has 6 heterocycles. The van der Waals surface area contributed by atoms with Crippen molar-refractivity contribution < 1.29 is 0 Å². The summed E-state index contributed by atoms with van der Waals surface area (Å²) in [7, 11) is 0. The second kappa shape index (κ2) is 33.7. The SMILES string of the molecule is c1ccc(-c2cccc(-c3nc(-c4ccccc4)nc(-c4ccc(-c5sc6c(-c7ccccc7)nc7ccccc7c6c5-c5ccc6c7ccccc7c7ccccc7c6c5)cc4)n3)c2)cc1.c1ccc(-c2nc(-c3ccccc3)nc(-c3ccc(-c4ccc(-c5sc6c(-c7ccccc7)nc7ccccc7c6c5-c5ccc6c7ccccc7c7ccccc7c6c5)cc4)cc3)n2)cc1. The molecule has 20 aromatic carbocycles. The van der Waals surface area contributed by atoms with Crippen molar-refractivity contribution in [2.45, 2.75) is 0 Å². The van der Waals surface area contributed by atoms with Gasteiger partial charge in [-0.2, -0.15) is 0 Å². The lowest BCUT2D eigenvalue weighted by Gasteiger charge is -2.14. The molecule has 0 atom stereocenters. The molecule has 0 amide bonds. The van der Waals surface area contributed by atoms with E-state index in [1.54, 1.807) is 0 Å². The van der Waals surface area contributed by atoms with Crippen molar-refractivity contribution in [3.05, 3.63) is 461 Å². The van der Waals surface area contributed by atoms with E-state index in [9.17, 15) is 0 Å². The standard InChI is InChI=1S/2C62H38N4S/c1-4-17-39(18-5-1)44-23-16-24-46(37-44)62-65-60(42-21-8-3-9-22-42)64-61(66-62)43-33-31-41(32-34-43)58-55(56-52-29-14-15-30-54(52)63-57(59(56)67-58)40-19-6-2-7-20-40)45-35-36-51-49-27-11-10-25-47(49)48-26-12-13-28-50(48)53(51)38-45;1-4-16-41(17-5-1)57-59-56(52-26-14-15-27-54(52)63-57)55(46-36-37-51-49-24-11-10-22-47(49)48-23-12-13-25-50(48)53(51)38-46)58(67-59)42-32-28-39(29-33-42)40-30-34-45(35-31-40)62-65-60(43-18-6-2-7-19-43)64-61(66-62)44-20-8-3-9-21-44/h2*1-38H. The smallest absolute Gasteiger partial charge is 0.164 e. The number of pyridine rings is 2. The fraction of sp³-hybridized carbons (Fsp3) is 0. The predicted molar refractivity (Wildman–Crippen MR) is 562 cm³/mol. The zero-order valence-corrected chi connectivity index (χ0v) is 73.9. The molecule has 0 fully saturated rings. The van der Waals surface area contributed by atoms with Gasteiger partial charge in [-0.05, 0) is 139 Å². The molecule has 624 valence electrons. The lowest BCUT2D eigenvalue weighted by Crippen LogP contribution is -2.00. The molecule has 10 heteroatoms. The summed E-state index contributed by atoms with van der Waals surface area (Å²) in [6.07, 6.45) is 0. The molecule has 0 spiro atoms. The molecular formula is C124H76N8S2. The van der Waals surface area contributed by atoms with Gasteiger partial charge in [0.1, 0.15) is 0 Å². The van der Waals surface area contributed by atoms with Crippen LogP contribution >= 0.6 is 22.7 Å². The van der Waals surface area contributed by atoms with Crippen molar-refractivity contribution in [3.63, 3.8) is 0 Å². The van der Waals surface area contributed by atoms with E-state index >= 15 is 0 Å². The molecule has 26 aromatic rings. The summed E-state index contributed by atoms with van der Waals surface area (Å²) in [6.45, 7) is 0. The third kappa shape index (κ3) is 14.2. The number of benzene rings is 20. The van der Waals surface area contributed by atoms with Crippen molar-refractivity contribution >= 4 is 129 Å². The third-order valence-electron chi connectivity index (χ3n) is 25.8. The second-order valence-electron chi connectivity index (χ2n) is 33.8. The Morgan fingerprint density at radius 3 is 0.694 bits per heavy atom. The molecule has 0 N–H and O–H groups in total. The van der Waals surface area contributed by atoms with Gasteiger partial charge in [0, 0.05) is 86.9 Å². The average molecular weight is 1740 g/mol. The first kappa shape index (κ1) is 78.9. The van der Waals surface area contributed by atoms with E-state index in [-0.39, 0.29) is 0 Å². The number of nitrogens with zero attached hydrogens (tertiary/aromatic N) is 8. The summed E-state index contributed by atoms with van der Waals surface area (Å²) in [4.78, 5) is 43.3. The maximum absolute atomic E-state index is 5.37. The third-order valence-corrected chi connectivity index (χ3v) is 28.3. The first-order valence-corrected chi connectivity index (χ1v) is 46.7. The highest BCUT2D eigenvalue weighted by Gasteiger charge is 2.28. The van der Waals surface area contributed by atoms with E-state index in [0.717, 1.165) is 116 Å². The Kier molecular flexibility index (Phi) is 19.8. The zero-order valence-electron chi connectivity index (χ0n) is 72.3. The van der Waals surface area contributed by atoms with Crippen LogP contribution in [0.5, 0.6) is 0 Å². The van der Waals surface area contributed by atoms with Crippen LogP contribution in [0, 0.1) is 0 Å². The predicted octanol–water partition coefficient (Wildman–Crippen LogP) is 33.5. The van der Waals surface area contributed by atoms with Crippen LogP contribution in [0.4, 0.5) is 0 Å². The van der Waals surface area contributed by atoms with Crippen LogP contribution in [0.25, 0.3) is 263 Å². The van der Waals surface area contributed by atoms with Gasteiger partial charge in [0.05, 0.1) is 31.8 Å². The topological polar surface area (TPSA) is 103 Å². The second-order valence-corrected chi connectivity index (χ2v) is 35.8. The highest BCUT2D eigenvalue weighted by Crippen LogP contribution is 2.54. The molecule has 0 saturated carbocycles. The molecule has 0 aliphatic heterocycles. The lowest BCUT2D eigenvalue weighted by atomic mass is 9.90. The van der Waals surface area contributed by atoms with Crippen LogP contribution < -0.4 is 0 Å². The quantitative estimate of drug-likeness (QED) is 0.0992. The largest absolute Gasteiger partial charge is 0.246 e. The van der Waals surface area contributed by atoms with Gasteiger partial charge in [-0.25, -0.2) is 39.9 Å². The molecule has 8 nitrogen and oxygen atoms in total. The van der Waals surface area contributed by atoms with Gasteiger partial charge >= 0.3 is 0 Å². The van der Waals surface area contributed by atoms with Crippen LogP contribution in [0.3, 0.4) is 0 Å². The number of rotatable bonds is 14. The molecule has 0 bridgehead atoms.